The van der Waals surface area contributed by atoms with Gasteiger partial charge in [0, 0.05) is 11.5 Å². The molecule has 7 heteroatoms. The van der Waals surface area contributed by atoms with Gasteiger partial charge in [0.15, 0.2) is 0 Å². The number of nitrogen functional groups attached to an aromatic ring is 1. The van der Waals surface area contributed by atoms with Crippen LogP contribution >= 0.6 is 0 Å². The second-order valence-electron chi connectivity index (χ2n) is 6.41. The maximum atomic E-state index is 12.4. The van der Waals surface area contributed by atoms with E-state index in [0.717, 1.165) is 11.1 Å². The molecule has 1 aromatic carbocycles. The highest BCUT2D eigenvalue weighted by Crippen LogP contribution is 2.28. The minimum atomic E-state index is -3.86. The van der Waals surface area contributed by atoms with Gasteiger partial charge in [-0.3, -0.25) is 4.72 Å². The van der Waals surface area contributed by atoms with Crippen LogP contribution in [0.15, 0.2) is 27.8 Å². The lowest BCUT2D eigenvalue weighted by atomic mass is 9.93. The normalized spacial score (nSPS) is 12.4. The Labute approximate surface area is 130 Å². The van der Waals surface area contributed by atoms with Crippen molar-refractivity contribution in [2.24, 2.45) is 0 Å². The molecule has 0 unspecified atom stereocenters. The van der Waals surface area contributed by atoms with Gasteiger partial charge in [-0.15, -0.1) is 0 Å². The molecule has 120 valence electrons. The van der Waals surface area contributed by atoms with Crippen LogP contribution in [-0.2, 0) is 15.4 Å². The van der Waals surface area contributed by atoms with Crippen LogP contribution in [0.2, 0.25) is 0 Å². The monoisotopic (exact) mass is 323 g/mol. The zero-order valence-electron chi connectivity index (χ0n) is 13.4. The predicted molar refractivity (Wildman–Crippen MR) is 86.3 cm³/mol. The number of benzene rings is 1. The molecule has 0 aliphatic rings. The van der Waals surface area contributed by atoms with Crippen molar-refractivity contribution in [1.29, 1.82) is 0 Å². The van der Waals surface area contributed by atoms with Crippen LogP contribution < -0.4 is 10.5 Å². The summed E-state index contributed by atoms with van der Waals surface area (Å²) < 4.78 is 32.2. The van der Waals surface area contributed by atoms with E-state index in [1.807, 2.05) is 34.6 Å². The van der Waals surface area contributed by atoms with Crippen LogP contribution in [0, 0.1) is 13.8 Å². The third kappa shape index (κ3) is 3.24. The van der Waals surface area contributed by atoms with Crippen molar-refractivity contribution in [3.8, 4) is 0 Å². The average molecular weight is 323 g/mol. The largest absolute Gasteiger partial charge is 0.397 e. The van der Waals surface area contributed by atoms with Gasteiger partial charge in [0.1, 0.15) is 0 Å². The molecule has 2 aromatic rings. The van der Waals surface area contributed by atoms with Gasteiger partial charge in [0.2, 0.25) is 0 Å². The number of hydrogen-bond acceptors (Lipinski definition) is 5. The Balaban J connectivity index is 2.36. The number of aromatic nitrogens is 1. The lowest BCUT2D eigenvalue weighted by Crippen LogP contribution is -2.14. The number of aryl methyl sites for hydroxylation is 2. The Hall–Kier alpha value is -2.02. The first-order chi connectivity index (χ1) is 10.0. The van der Waals surface area contributed by atoms with Crippen LogP contribution in [0.25, 0.3) is 0 Å². The van der Waals surface area contributed by atoms with E-state index in [2.05, 4.69) is 9.88 Å². The SMILES string of the molecule is Cc1cc(N)c(NS(=O)(=O)c2cc(C(C)(C)C)no2)cc1C. The van der Waals surface area contributed by atoms with Crippen LogP contribution in [0.3, 0.4) is 0 Å². The first-order valence-corrected chi connectivity index (χ1v) is 8.36. The summed E-state index contributed by atoms with van der Waals surface area (Å²) in [6.07, 6.45) is 0. The molecule has 0 aliphatic heterocycles. The van der Waals surface area contributed by atoms with Crippen molar-refractivity contribution in [3.63, 3.8) is 0 Å². The summed E-state index contributed by atoms with van der Waals surface area (Å²) >= 11 is 0. The summed E-state index contributed by atoms with van der Waals surface area (Å²) in [7, 11) is -3.86. The van der Waals surface area contributed by atoms with Crippen LogP contribution in [0.5, 0.6) is 0 Å². The summed E-state index contributed by atoms with van der Waals surface area (Å²) in [6, 6.07) is 4.86. The topological polar surface area (TPSA) is 98.2 Å². The van der Waals surface area contributed by atoms with E-state index in [0.29, 0.717) is 17.1 Å². The van der Waals surface area contributed by atoms with E-state index >= 15 is 0 Å². The highest BCUT2D eigenvalue weighted by atomic mass is 32.2. The fourth-order valence-corrected chi connectivity index (χ4v) is 2.83. The number of hydrogen-bond donors (Lipinski definition) is 2. The molecule has 22 heavy (non-hydrogen) atoms. The molecule has 0 amide bonds. The van der Waals surface area contributed by atoms with Gasteiger partial charge >= 0.3 is 0 Å². The summed E-state index contributed by atoms with van der Waals surface area (Å²) in [5, 5.41) is 3.60. The van der Waals surface area contributed by atoms with Crippen molar-refractivity contribution in [1.82, 2.24) is 5.16 Å². The van der Waals surface area contributed by atoms with E-state index < -0.39 is 10.0 Å². The van der Waals surface area contributed by atoms with Gasteiger partial charge in [-0.1, -0.05) is 25.9 Å². The Morgan fingerprint density at radius 1 is 1.14 bits per heavy atom. The Morgan fingerprint density at radius 3 is 2.27 bits per heavy atom. The maximum Gasteiger partial charge on any atom is 0.298 e. The highest BCUT2D eigenvalue weighted by Gasteiger charge is 2.26. The number of nitrogens with zero attached hydrogens (tertiary/aromatic N) is 1. The molecule has 0 fully saturated rings. The van der Waals surface area contributed by atoms with E-state index in [1.165, 1.54) is 6.07 Å². The molecular weight excluding hydrogens is 302 g/mol. The zero-order chi connectivity index (χ0) is 16.7. The molecule has 2 rings (SSSR count). The highest BCUT2D eigenvalue weighted by molar-refractivity contribution is 7.92. The smallest absolute Gasteiger partial charge is 0.298 e. The molecule has 0 radical (unpaired) electrons. The van der Waals surface area contributed by atoms with Gasteiger partial charge in [0.05, 0.1) is 17.1 Å². The van der Waals surface area contributed by atoms with Gasteiger partial charge in [-0.05, 0) is 37.1 Å². The molecule has 0 saturated heterocycles. The number of nitrogens with two attached hydrogens (primary N) is 1. The molecular formula is C15H21N3O3S. The van der Waals surface area contributed by atoms with E-state index in [-0.39, 0.29) is 10.5 Å². The van der Waals surface area contributed by atoms with Crippen molar-refractivity contribution < 1.29 is 12.9 Å². The molecule has 3 N–H and O–H groups in total. The van der Waals surface area contributed by atoms with Crippen molar-refractivity contribution in [2.75, 3.05) is 10.5 Å². The Morgan fingerprint density at radius 2 is 1.73 bits per heavy atom. The zero-order valence-corrected chi connectivity index (χ0v) is 14.2. The number of rotatable bonds is 3. The minimum Gasteiger partial charge on any atom is -0.397 e. The summed E-state index contributed by atoms with van der Waals surface area (Å²) in [5.74, 6) is 0. The third-order valence-electron chi connectivity index (χ3n) is 3.43. The standard InChI is InChI=1S/C15H21N3O3S/c1-9-6-11(16)12(7-10(9)2)18-22(19,20)14-8-13(17-21-14)15(3,4)5/h6-8,18H,16H2,1-5H3. The van der Waals surface area contributed by atoms with E-state index in [1.54, 1.807) is 12.1 Å². The maximum absolute atomic E-state index is 12.4. The van der Waals surface area contributed by atoms with Gasteiger partial charge < -0.3 is 10.3 Å². The van der Waals surface area contributed by atoms with Gasteiger partial charge in [-0.2, -0.15) is 8.42 Å². The van der Waals surface area contributed by atoms with E-state index in [9.17, 15) is 8.42 Å². The number of nitrogens with one attached hydrogen (secondary N) is 1. The summed E-state index contributed by atoms with van der Waals surface area (Å²) in [4.78, 5) is 0. The molecule has 0 aliphatic carbocycles. The Kier molecular flexibility index (Phi) is 3.95. The molecule has 0 atom stereocenters. The fourth-order valence-electron chi connectivity index (χ4n) is 1.86. The van der Waals surface area contributed by atoms with Gasteiger partial charge in [-0.25, -0.2) is 0 Å². The van der Waals surface area contributed by atoms with Crippen LogP contribution in [0.4, 0.5) is 11.4 Å². The van der Waals surface area contributed by atoms with Crippen molar-refractivity contribution in [2.45, 2.75) is 45.1 Å². The van der Waals surface area contributed by atoms with Crippen LogP contribution in [-0.4, -0.2) is 13.6 Å². The molecule has 1 heterocycles. The fraction of sp³-hybridized carbons (Fsp3) is 0.400. The summed E-state index contributed by atoms with van der Waals surface area (Å²) in [5.41, 5.74) is 8.79. The molecule has 0 spiro atoms. The molecule has 0 saturated carbocycles. The van der Waals surface area contributed by atoms with Gasteiger partial charge in [0.25, 0.3) is 15.1 Å². The Bertz CT molecular complexity index is 802. The molecule has 0 bridgehead atoms. The summed E-state index contributed by atoms with van der Waals surface area (Å²) in [6.45, 7) is 9.58. The quantitative estimate of drug-likeness (QED) is 0.846. The predicted octanol–water partition coefficient (Wildman–Crippen LogP) is 2.97. The average Bonchev–Trinajstić information content (AvgIpc) is 2.85. The van der Waals surface area contributed by atoms with Crippen molar-refractivity contribution in [3.05, 3.63) is 35.0 Å². The van der Waals surface area contributed by atoms with E-state index in [4.69, 9.17) is 10.3 Å². The number of sulfonamides is 1. The molecule has 1 aromatic heterocycles. The lowest BCUT2D eigenvalue weighted by Gasteiger charge is -2.12. The molecule has 6 nitrogen and oxygen atoms in total. The second kappa shape index (κ2) is 5.31. The third-order valence-corrected chi connectivity index (χ3v) is 4.64. The lowest BCUT2D eigenvalue weighted by molar-refractivity contribution is 0.327. The first-order valence-electron chi connectivity index (χ1n) is 6.87. The van der Waals surface area contributed by atoms with Crippen LogP contribution in [0.1, 0.15) is 37.6 Å². The first kappa shape index (κ1) is 16.4. The minimum absolute atomic E-state index is 0.227. The number of anilines is 2. The second-order valence-corrected chi connectivity index (χ2v) is 8.02. The van der Waals surface area contributed by atoms with Crippen molar-refractivity contribution >= 4 is 21.4 Å².